The van der Waals surface area contributed by atoms with Crippen molar-refractivity contribution >= 4 is 17.4 Å². The maximum Gasteiger partial charge on any atom is 0.166 e. The summed E-state index contributed by atoms with van der Waals surface area (Å²) in [6.45, 7) is 0. The van der Waals surface area contributed by atoms with Crippen molar-refractivity contribution in [3.05, 3.63) is 23.8 Å². The quantitative estimate of drug-likeness (QED) is 0.568. The molecule has 3 nitrogen and oxygen atoms in total. The predicted octanol–water partition coefficient (Wildman–Crippen LogP) is 2.91. The maximum atomic E-state index is 11.9. The minimum Gasteiger partial charge on any atom is -0.497 e. The maximum absolute atomic E-state index is 11.9. The first kappa shape index (κ1) is 12.8. The second kappa shape index (κ2) is 6.38. The number of Topliss-reactive ketones (excluding diaryl/α,β-unsaturated/α-hetero) is 1. The second-order valence-electron chi connectivity index (χ2n) is 3.28. The fraction of sp³-hybridized carbons (Fsp3) is 0.417. The molecular weight excluding hydrogens is 228 g/mol. The van der Waals surface area contributed by atoms with Crippen molar-refractivity contribution in [2.45, 2.75) is 12.8 Å². The highest BCUT2D eigenvalue weighted by Gasteiger charge is 2.12. The Bertz CT molecular complexity index is 363. The Morgan fingerprint density at radius 1 is 1.31 bits per heavy atom. The van der Waals surface area contributed by atoms with Crippen LogP contribution >= 0.6 is 11.6 Å². The van der Waals surface area contributed by atoms with Crippen molar-refractivity contribution in [3.8, 4) is 11.5 Å². The lowest BCUT2D eigenvalue weighted by Gasteiger charge is -2.09. The predicted molar refractivity (Wildman–Crippen MR) is 63.8 cm³/mol. The van der Waals surface area contributed by atoms with E-state index in [9.17, 15) is 4.79 Å². The lowest BCUT2D eigenvalue weighted by molar-refractivity contribution is 0.0978. The monoisotopic (exact) mass is 242 g/mol. The fourth-order valence-electron chi connectivity index (χ4n) is 1.39. The molecule has 0 N–H and O–H groups in total. The van der Waals surface area contributed by atoms with Crippen molar-refractivity contribution in [1.29, 1.82) is 0 Å². The Balaban J connectivity index is 2.94. The summed E-state index contributed by atoms with van der Waals surface area (Å²) >= 11 is 5.56. The molecule has 1 aromatic rings. The number of hydrogen-bond donors (Lipinski definition) is 0. The first-order chi connectivity index (χ1) is 7.72. The van der Waals surface area contributed by atoms with Gasteiger partial charge in [0, 0.05) is 12.3 Å². The van der Waals surface area contributed by atoms with Crippen LogP contribution in [0.3, 0.4) is 0 Å². The number of rotatable bonds is 6. The van der Waals surface area contributed by atoms with E-state index in [-0.39, 0.29) is 5.78 Å². The molecule has 1 rings (SSSR count). The van der Waals surface area contributed by atoms with Crippen LogP contribution in [0, 0.1) is 0 Å². The van der Waals surface area contributed by atoms with Gasteiger partial charge < -0.3 is 9.47 Å². The van der Waals surface area contributed by atoms with E-state index in [1.807, 2.05) is 0 Å². The van der Waals surface area contributed by atoms with Gasteiger partial charge in [0.05, 0.1) is 19.8 Å². The van der Waals surface area contributed by atoms with Gasteiger partial charge in [-0.15, -0.1) is 11.6 Å². The van der Waals surface area contributed by atoms with E-state index in [4.69, 9.17) is 21.1 Å². The summed E-state index contributed by atoms with van der Waals surface area (Å²) in [4.78, 5) is 11.9. The summed E-state index contributed by atoms with van der Waals surface area (Å²) in [5.41, 5.74) is 0.548. The van der Waals surface area contributed by atoms with Crippen molar-refractivity contribution in [2.75, 3.05) is 20.1 Å². The Labute approximate surface area is 100 Å². The molecular formula is C12H15ClO3. The molecule has 0 fully saturated rings. The largest absolute Gasteiger partial charge is 0.497 e. The molecule has 88 valence electrons. The van der Waals surface area contributed by atoms with Gasteiger partial charge in [0.1, 0.15) is 11.5 Å². The molecule has 0 bridgehead atoms. The van der Waals surface area contributed by atoms with Crippen LogP contribution in [0.25, 0.3) is 0 Å². The van der Waals surface area contributed by atoms with Crippen molar-refractivity contribution < 1.29 is 14.3 Å². The smallest absolute Gasteiger partial charge is 0.166 e. The highest BCUT2D eigenvalue weighted by Crippen LogP contribution is 2.25. The Kier molecular flexibility index (Phi) is 5.12. The van der Waals surface area contributed by atoms with Crippen LogP contribution in [-0.4, -0.2) is 25.9 Å². The molecule has 0 amide bonds. The first-order valence-corrected chi connectivity index (χ1v) is 5.57. The molecule has 0 unspecified atom stereocenters. The highest BCUT2D eigenvalue weighted by atomic mass is 35.5. The van der Waals surface area contributed by atoms with E-state index < -0.39 is 0 Å². The van der Waals surface area contributed by atoms with Crippen LogP contribution in [-0.2, 0) is 0 Å². The third kappa shape index (κ3) is 3.14. The molecule has 0 saturated heterocycles. The van der Waals surface area contributed by atoms with Gasteiger partial charge in [-0.1, -0.05) is 0 Å². The summed E-state index contributed by atoms with van der Waals surface area (Å²) in [5.74, 6) is 1.73. The van der Waals surface area contributed by atoms with E-state index >= 15 is 0 Å². The van der Waals surface area contributed by atoms with Gasteiger partial charge in [0.2, 0.25) is 0 Å². The van der Waals surface area contributed by atoms with Crippen LogP contribution in [0.4, 0.5) is 0 Å². The average molecular weight is 243 g/mol. The Morgan fingerprint density at radius 3 is 2.62 bits per heavy atom. The molecule has 0 saturated carbocycles. The molecule has 0 atom stereocenters. The summed E-state index contributed by atoms with van der Waals surface area (Å²) in [7, 11) is 3.11. The van der Waals surface area contributed by atoms with Gasteiger partial charge in [-0.05, 0) is 24.6 Å². The normalized spacial score (nSPS) is 9.94. The van der Waals surface area contributed by atoms with E-state index in [0.717, 1.165) is 0 Å². The summed E-state index contributed by atoms with van der Waals surface area (Å²) in [6, 6.07) is 5.18. The molecule has 0 aliphatic heterocycles. The summed E-state index contributed by atoms with van der Waals surface area (Å²) < 4.78 is 10.2. The zero-order valence-electron chi connectivity index (χ0n) is 9.46. The Hall–Kier alpha value is -1.22. The van der Waals surface area contributed by atoms with Crippen molar-refractivity contribution in [2.24, 2.45) is 0 Å². The molecule has 16 heavy (non-hydrogen) atoms. The third-order valence-corrected chi connectivity index (χ3v) is 2.51. The lowest BCUT2D eigenvalue weighted by Crippen LogP contribution is -2.03. The van der Waals surface area contributed by atoms with E-state index in [1.54, 1.807) is 32.4 Å². The molecule has 0 heterocycles. The van der Waals surface area contributed by atoms with Crippen molar-refractivity contribution in [3.63, 3.8) is 0 Å². The van der Waals surface area contributed by atoms with Crippen LogP contribution in [0.1, 0.15) is 23.2 Å². The standard InChI is InChI=1S/C12H15ClO3/c1-15-9-5-6-12(16-2)10(8-9)11(14)4-3-7-13/h5-6,8H,3-4,7H2,1-2H3. The van der Waals surface area contributed by atoms with Gasteiger partial charge >= 0.3 is 0 Å². The summed E-state index contributed by atoms with van der Waals surface area (Å²) in [5, 5.41) is 0. The SMILES string of the molecule is COc1ccc(OC)c(C(=O)CCCCl)c1. The number of carbonyl (C=O) groups is 1. The first-order valence-electron chi connectivity index (χ1n) is 5.04. The van der Waals surface area contributed by atoms with E-state index in [2.05, 4.69) is 0 Å². The molecule has 0 aliphatic rings. The fourth-order valence-corrected chi connectivity index (χ4v) is 1.53. The van der Waals surface area contributed by atoms with Gasteiger partial charge in [-0.2, -0.15) is 0 Å². The van der Waals surface area contributed by atoms with E-state index in [1.165, 1.54) is 0 Å². The lowest BCUT2D eigenvalue weighted by atomic mass is 10.1. The number of halogens is 1. The highest BCUT2D eigenvalue weighted by molar-refractivity contribution is 6.18. The molecule has 4 heteroatoms. The van der Waals surface area contributed by atoms with Crippen LogP contribution in [0.2, 0.25) is 0 Å². The minimum atomic E-state index is 0.0244. The topological polar surface area (TPSA) is 35.5 Å². The van der Waals surface area contributed by atoms with Gasteiger partial charge in [-0.3, -0.25) is 4.79 Å². The number of carbonyl (C=O) groups excluding carboxylic acids is 1. The molecule has 0 aromatic heterocycles. The van der Waals surface area contributed by atoms with Crippen LogP contribution < -0.4 is 9.47 Å². The second-order valence-corrected chi connectivity index (χ2v) is 3.66. The molecule has 0 aliphatic carbocycles. The third-order valence-electron chi connectivity index (χ3n) is 2.24. The average Bonchev–Trinajstić information content (AvgIpc) is 2.35. The van der Waals surface area contributed by atoms with Crippen molar-refractivity contribution in [1.82, 2.24) is 0 Å². The number of alkyl halides is 1. The zero-order valence-corrected chi connectivity index (χ0v) is 10.2. The number of benzene rings is 1. The number of hydrogen-bond acceptors (Lipinski definition) is 3. The van der Waals surface area contributed by atoms with E-state index in [0.29, 0.717) is 35.8 Å². The zero-order chi connectivity index (χ0) is 12.0. The number of ether oxygens (including phenoxy) is 2. The molecule has 0 radical (unpaired) electrons. The van der Waals surface area contributed by atoms with Gasteiger partial charge in [0.15, 0.2) is 5.78 Å². The summed E-state index contributed by atoms with van der Waals surface area (Å²) in [6.07, 6.45) is 1.09. The van der Waals surface area contributed by atoms with Crippen LogP contribution in [0.15, 0.2) is 18.2 Å². The van der Waals surface area contributed by atoms with Crippen LogP contribution in [0.5, 0.6) is 11.5 Å². The minimum absolute atomic E-state index is 0.0244. The Morgan fingerprint density at radius 2 is 2.06 bits per heavy atom. The number of methoxy groups -OCH3 is 2. The number of ketones is 1. The van der Waals surface area contributed by atoms with Gasteiger partial charge in [-0.25, -0.2) is 0 Å². The molecule has 0 spiro atoms. The van der Waals surface area contributed by atoms with Gasteiger partial charge in [0.25, 0.3) is 0 Å². The molecule has 1 aromatic carbocycles.